The number of guanidine groups is 1. The van der Waals surface area contributed by atoms with E-state index in [2.05, 4.69) is 20.6 Å². The summed E-state index contributed by atoms with van der Waals surface area (Å²) < 4.78 is 16.3. The van der Waals surface area contributed by atoms with Crippen molar-refractivity contribution in [2.45, 2.75) is 39.7 Å². The number of carbonyl (C=O) groups excluding carboxylic acids is 1. The smallest absolute Gasteiger partial charge is 0.222 e. The SMILES string of the molecule is CCNC(=NCc1ccc(-n2ccnc2C)c(F)c1)NCCCN1CCCC1=O.I. The first-order valence-electron chi connectivity index (χ1n) is 10.2. The van der Waals surface area contributed by atoms with Crippen LogP contribution in [0, 0.1) is 12.7 Å². The molecule has 1 aromatic carbocycles. The molecule has 3 rings (SSSR count). The highest BCUT2D eigenvalue weighted by Crippen LogP contribution is 2.17. The molecule has 0 atom stereocenters. The fourth-order valence-electron chi connectivity index (χ4n) is 3.41. The number of benzene rings is 1. The van der Waals surface area contributed by atoms with E-state index in [1.54, 1.807) is 23.0 Å². The third-order valence-corrected chi connectivity index (χ3v) is 4.93. The minimum absolute atomic E-state index is 0. The van der Waals surface area contributed by atoms with Gasteiger partial charge in [0.15, 0.2) is 5.96 Å². The van der Waals surface area contributed by atoms with Gasteiger partial charge >= 0.3 is 0 Å². The lowest BCUT2D eigenvalue weighted by Gasteiger charge is -2.16. The van der Waals surface area contributed by atoms with Crippen LogP contribution in [0.2, 0.25) is 0 Å². The summed E-state index contributed by atoms with van der Waals surface area (Å²) >= 11 is 0. The summed E-state index contributed by atoms with van der Waals surface area (Å²) in [5.41, 5.74) is 1.28. The molecule has 0 radical (unpaired) electrons. The quantitative estimate of drug-likeness (QED) is 0.239. The van der Waals surface area contributed by atoms with Gasteiger partial charge < -0.3 is 20.1 Å². The largest absolute Gasteiger partial charge is 0.357 e. The molecule has 1 aliphatic rings. The van der Waals surface area contributed by atoms with E-state index in [0.29, 0.717) is 24.6 Å². The lowest BCUT2D eigenvalue weighted by Crippen LogP contribution is -2.39. The second-order valence-corrected chi connectivity index (χ2v) is 7.09. The summed E-state index contributed by atoms with van der Waals surface area (Å²) in [7, 11) is 0. The van der Waals surface area contributed by atoms with E-state index in [0.717, 1.165) is 50.4 Å². The van der Waals surface area contributed by atoms with E-state index in [1.165, 1.54) is 6.07 Å². The number of rotatable bonds is 8. The maximum absolute atomic E-state index is 14.5. The average molecular weight is 528 g/mol. The summed E-state index contributed by atoms with van der Waals surface area (Å²) in [5, 5.41) is 6.48. The molecule has 164 valence electrons. The average Bonchev–Trinajstić information content (AvgIpc) is 3.31. The number of nitrogens with zero attached hydrogens (tertiary/aromatic N) is 4. The summed E-state index contributed by atoms with van der Waals surface area (Å²) in [4.78, 5) is 22.2. The Morgan fingerprint density at radius 2 is 2.17 bits per heavy atom. The van der Waals surface area contributed by atoms with Gasteiger partial charge in [-0.1, -0.05) is 6.07 Å². The molecule has 1 fully saturated rings. The van der Waals surface area contributed by atoms with Crippen LogP contribution >= 0.6 is 24.0 Å². The van der Waals surface area contributed by atoms with Gasteiger partial charge in [-0.05, 0) is 44.4 Å². The zero-order valence-electron chi connectivity index (χ0n) is 17.5. The van der Waals surface area contributed by atoms with Crippen molar-refractivity contribution in [3.05, 3.63) is 47.8 Å². The number of halogens is 2. The van der Waals surface area contributed by atoms with Gasteiger partial charge in [-0.25, -0.2) is 14.4 Å². The first-order chi connectivity index (χ1) is 14.1. The number of nitrogens with one attached hydrogen (secondary N) is 2. The van der Waals surface area contributed by atoms with Crippen molar-refractivity contribution in [1.29, 1.82) is 0 Å². The molecule has 7 nitrogen and oxygen atoms in total. The lowest BCUT2D eigenvalue weighted by atomic mass is 10.2. The van der Waals surface area contributed by atoms with E-state index in [-0.39, 0.29) is 35.7 Å². The molecule has 1 aliphatic heterocycles. The van der Waals surface area contributed by atoms with Gasteiger partial charge in [0.1, 0.15) is 11.6 Å². The Labute approximate surface area is 194 Å². The summed E-state index contributed by atoms with van der Waals surface area (Å²) in [5.74, 6) is 1.38. The third-order valence-electron chi connectivity index (χ3n) is 4.93. The van der Waals surface area contributed by atoms with Gasteiger partial charge in [-0.2, -0.15) is 0 Å². The minimum Gasteiger partial charge on any atom is -0.357 e. The molecule has 30 heavy (non-hydrogen) atoms. The molecule has 9 heteroatoms. The number of imidazole rings is 1. The molecule has 2 aromatic rings. The van der Waals surface area contributed by atoms with Crippen molar-refractivity contribution in [3.63, 3.8) is 0 Å². The Kier molecular flexibility index (Phi) is 9.54. The molecule has 0 saturated carbocycles. The molecule has 0 aliphatic carbocycles. The number of hydrogen-bond donors (Lipinski definition) is 2. The Bertz CT molecular complexity index is 869. The number of aryl methyl sites for hydroxylation is 1. The van der Waals surface area contributed by atoms with Crippen molar-refractivity contribution in [1.82, 2.24) is 25.1 Å². The Morgan fingerprint density at radius 1 is 1.33 bits per heavy atom. The van der Waals surface area contributed by atoms with Crippen LogP contribution in [0.1, 0.15) is 37.6 Å². The first kappa shape index (κ1) is 24.1. The van der Waals surface area contributed by atoms with E-state index >= 15 is 0 Å². The molecule has 2 N–H and O–H groups in total. The van der Waals surface area contributed by atoms with Crippen LogP contribution in [0.5, 0.6) is 0 Å². The van der Waals surface area contributed by atoms with Crippen LogP contribution in [0.15, 0.2) is 35.6 Å². The fraction of sp³-hybridized carbons (Fsp3) is 0.476. The van der Waals surface area contributed by atoms with Gasteiger partial charge in [-0.15, -0.1) is 24.0 Å². The van der Waals surface area contributed by atoms with E-state index < -0.39 is 0 Å². The molecule has 1 amide bonds. The van der Waals surface area contributed by atoms with Crippen molar-refractivity contribution in [3.8, 4) is 5.69 Å². The highest BCUT2D eigenvalue weighted by molar-refractivity contribution is 14.0. The van der Waals surface area contributed by atoms with Gasteiger partial charge in [0, 0.05) is 45.0 Å². The van der Waals surface area contributed by atoms with Crippen molar-refractivity contribution >= 4 is 35.8 Å². The molecular weight excluding hydrogens is 498 g/mol. The number of hydrogen-bond acceptors (Lipinski definition) is 3. The fourth-order valence-corrected chi connectivity index (χ4v) is 3.41. The molecule has 2 heterocycles. The predicted molar refractivity (Wildman–Crippen MR) is 127 cm³/mol. The van der Waals surface area contributed by atoms with Gasteiger partial charge in [0.2, 0.25) is 5.91 Å². The van der Waals surface area contributed by atoms with Crippen molar-refractivity contribution in [2.24, 2.45) is 4.99 Å². The number of carbonyl (C=O) groups is 1. The van der Waals surface area contributed by atoms with Gasteiger partial charge in [0.25, 0.3) is 0 Å². The predicted octanol–water partition coefficient (Wildman–Crippen LogP) is 3.01. The highest BCUT2D eigenvalue weighted by Gasteiger charge is 2.18. The van der Waals surface area contributed by atoms with Crippen molar-refractivity contribution < 1.29 is 9.18 Å². The maximum atomic E-state index is 14.5. The summed E-state index contributed by atoms with van der Waals surface area (Å²) in [6.45, 7) is 7.32. The van der Waals surface area contributed by atoms with Crippen LogP contribution in [-0.4, -0.2) is 52.5 Å². The molecule has 1 aromatic heterocycles. The number of amides is 1. The van der Waals surface area contributed by atoms with Crippen LogP contribution in [-0.2, 0) is 11.3 Å². The Hall–Kier alpha value is -2.17. The summed E-state index contributed by atoms with van der Waals surface area (Å²) in [6, 6.07) is 5.15. The monoisotopic (exact) mass is 528 g/mol. The summed E-state index contributed by atoms with van der Waals surface area (Å²) in [6.07, 6.45) is 5.90. The zero-order valence-corrected chi connectivity index (χ0v) is 19.9. The van der Waals surface area contributed by atoms with E-state index in [1.807, 2.05) is 24.8 Å². The Balaban J connectivity index is 0.00000320. The molecular formula is C21H30FIN6O. The third kappa shape index (κ3) is 6.41. The minimum atomic E-state index is -0.299. The molecule has 0 spiro atoms. The molecule has 0 bridgehead atoms. The number of aliphatic imine (C=N–C) groups is 1. The Morgan fingerprint density at radius 3 is 2.80 bits per heavy atom. The van der Waals surface area contributed by atoms with Crippen LogP contribution in [0.4, 0.5) is 4.39 Å². The molecule has 0 unspecified atom stereocenters. The molecule has 1 saturated heterocycles. The van der Waals surface area contributed by atoms with Crippen molar-refractivity contribution in [2.75, 3.05) is 26.2 Å². The lowest BCUT2D eigenvalue weighted by molar-refractivity contribution is -0.127. The van der Waals surface area contributed by atoms with Gasteiger partial charge in [0.05, 0.1) is 12.2 Å². The second-order valence-electron chi connectivity index (χ2n) is 7.09. The van der Waals surface area contributed by atoms with E-state index in [4.69, 9.17) is 0 Å². The van der Waals surface area contributed by atoms with Crippen LogP contribution in [0.3, 0.4) is 0 Å². The highest BCUT2D eigenvalue weighted by atomic mass is 127. The first-order valence-corrected chi connectivity index (χ1v) is 10.2. The van der Waals surface area contributed by atoms with Crippen LogP contribution < -0.4 is 10.6 Å². The second kappa shape index (κ2) is 11.9. The van der Waals surface area contributed by atoms with Gasteiger partial charge in [-0.3, -0.25) is 4.79 Å². The van der Waals surface area contributed by atoms with Crippen LogP contribution in [0.25, 0.3) is 5.69 Å². The number of likely N-dealkylation sites (tertiary alicyclic amines) is 1. The zero-order chi connectivity index (χ0) is 20.6. The standard InChI is InChI=1S/C21H29FN6O.HI/c1-3-23-21(25-9-5-12-27-11-4-6-20(27)29)26-15-17-7-8-19(18(22)14-17)28-13-10-24-16(28)2;/h7-8,10,13-14H,3-6,9,11-12,15H2,1-2H3,(H2,23,25,26);1H. The maximum Gasteiger partial charge on any atom is 0.222 e. The normalized spacial score (nSPS) is 14.0. The van der Waals surface area contributed by atoms with E-state index in [9.17, 15) is 9.18 Å². The topological polar surface area (TPSA) is 74.6 Å². The number of aromatic nitrogens is 2.